The first-order valence-corrected chi connectivity index (χ1v) is 5.93. The minimum absolute atomic E-state index is 0.0653. The average molecular weight is 265 g/mol. The Morgan fingerprint density at radius 2 is 2.32 bits per heavy atom. The van der Waals surface area contributed by atoms with E-state index < -0.39 is 11.7 Å². The number of amides is 1. The van der Waals surface area contributed by atoms with Gasteiger partial charge in [-0.25, -0.2) is 4.39 Å². The van der Waals surface area contributed by atoms with Crippen molar-refractivity contribution in [2.75, 3.05) is 19.7 Å². The van der Waals surface area contributed by atoms with E-state index in [1.807, 2.05) is 6.92 Å². The van der Waals surface area contributed by atoms with Crippen LogP contribution in [0.15, 0.2) is 18.2 Å². The third kappa shape index (κ3) is 4.94. The van der Waals surface area contributed by atoms with Crippen molar-refractivity contribution in [2.45, 2.75) is 13.5 Å². The summed E-state index contributed by atoms with van der Waals surface area (Å²) in [6, 6.07) is 6.37. The summed E-state index contributed by atoms with van der Waals surface area (Å²) < 4.78 is 18.8. The van der Waals surface area contributed by atoms with Gasteiger partial charge in [0.25, 0.3) is 5.91 Å². The third-order valence-corrected chi connectivity index (χ3v) is 2.33. The molecule has 0 bridgehead atoms. The molecule has 1 aromatic carbocycles. The lowest BCUT2D eigenvalue weighted by Gasteiger charge is -2.12. The number of ether oxygens (including phenoxy) is 1. The number of hydrogen-bond acceptors (Lipinski definition) is 4. The first-order valence-electron chi connectivity index (χ1n) is 5.93. The van der Waals surface area contributed by atoms with E-state index in [9.17, 15) is 9.18 Å². The maximum atomic E-state index is 13.6. The predicted molar refractivity (Wildman–Crippen MR) is 67.9 cm³/mol. The molecule has 19 heavy (non-hydrogen) atoms. The van der Waals surface area contributed by atoms with Crippen LogP contribution in [-0.2, 0) is 11.3 Å². The SMILES string of the molecule is CCNCc1cccc(F)c1OCC(=O)NCC#N. The van der Waals surface area contributed by atoms with Gasteiger partial charge in [-0.05, 0) is 12.6 Å². The summed E-state index contributed by atoms with van der Waals surface area (Å²) in [7, 11) is 0. The zero-order valence-electron chi connectivity index (χ0n) is 10.7. The van der Waals surface area contributed by atoms with Crippen molar-refractivity contribution in [3.63, 3.8) is 0 Å². The van der Waals surface area contributed by atoms with Crippen LogP contribution < -0.4 is 15.4 Å². The number of rotatable bonds is 7. The minimum Gasteiger partial charge on any atom is -0.480 e. The number of carbonyl (C=O) groups excluding carboxylic acids is 1. The van der Waals surface area contributed by atoms with Gasteiger partial charge in [0, 0.05) is 12.1 Å². The zero-order chi connectivity index (χ0) is 14.1. The lowest BCUT2D eigenvalue weighted by molar-refractivity contribution is -0.122. The smallest absolute Gasteiger partial charge is 0.258 e. The molecule has 2 N–H and O–H groups in total. The Kier molecular flexibility index (Phi) is 6.33. The second kappa shape index (κ2) is 8.06. The number of nitrogens with zero attached hydrogens (tertiary/aromatic N) is 1. The van der Waals surface area contributed by atoms with Gasteiger partial charge in [-0.3, -0.25) is 4.79 Å². The van der Waals surface area contributed by atoms with Gasteiger partial charge in [-0.1, -0.05) is 19.1 Å². The zero-order valence-corrected chi connectivity index (χ0v) is 10.7. The molecule has 0 radical (unpaired) electrons. The van der Waals surface area contributed by atoms with E-state index in [-0.39, 0.29) is 18.9 Å². The molecular weight excluding hydrogens is 249 g/mol. The molecule has 102 valence electrons. The lowest BCUT2D eigenvalue weighted by Crippen LogP contribution is -2.29. The van der Waals surface area contributed by atoms with Crippen LogP contribution >= 0.6 is 0 Å². The summed E-state index contributed by atoms with van der Waals surface area (Å²) in [5.41, 5.74) is 0.648. The van der Waals surface area contributed by atoms with Crippen molar-refractivity contribution in [1.29, 1.82) is 5.26 Å². The fraction of sp³-hybridized carbons (Fsp3) is 0.385. The number of hydrogen-bond donors (Lipinski definition) is 2. The van der Waals surface area contributed by atoms with E-state index in [4.69, 9.17) is 10.00 Å². The Labute approximate surface area is 111 Å². The summed E-state index contributed by atoms with van der Waals surface area (Å²) in [6.07, 6.45) is 0. The molecule has 0 fully saturated rings. The number of nitrogens with one attached hydrogen (secondary N) is 2. The van der Waals surface area contributed by atoms with Crippen LogP contribution in [0, 0.1) is 17.1 Å². The van der Waals surface area contributed by atoms with Crippen LogP contribution in [0.4, 0.5) is 4.39 Å². The molecule has 0 aliphatic carbocycles. The van der Waals surface area contributed by atoms with Crippen molar-refractivity contribution in [2.24, 2.45) is 0 Å². The summed E-state index contributed by atoms with van der Waals surface area (Å²) in [6.45, 7) is 2.74. The minimum atomic E-state index is -0.511. The highest BCUT2D eigenvalue weighted by atomic mass is 19.1. The van der Waals surface area contributed by atoms with Crippen LogP contribution in [-0.4, -0.2) is 25.6 Å². The number of halogens is 1. The normalized spacial score (nSPS) is 9.74. The van der Waals surface area contributed by atoms with E-state index in [1.165, 1.54) is 6.07 Å². The molecule has 0 aromatic heterocycles. The number of para-hydroxylation sites is 1. The first-order chi connectivity index (χ1) is 9.19. The fourth-order valence-electron chi connectivity index (χ4n) is 1.44. The van der Waals surface area contributed by atoms with Gasteiger partial charge >= 0.3 is 0 Å². The van der Waals surface area contributed by atoms with Gasteiger partial charge in [0.15, 0.2) is 18.2 Å². The standard InChI is InChI=1S/C13H16FN3O2/c1-2-16-8-10-4-3-5-11(14)13(10)19-9-12(18)17-7-6-15/h3-5,16H,2,7-9H2,1H3,(H,17,18). The molecule has 0 atom stereocenters. The second-order valence-corrected chi connectivity index (χ2v) is 3.73. The molecule has 0 saturated carbocycles. The van der Waals surface area contributed by atoms with E-state index in [0.717, 1.165) is 6.54 Å². The molecule has 1 rings (SSSR count). The summed E-state index contributed by atoms with van der Waals surface area (Å²) in [4.78, 5) is 11.3. The van der Waals surface area contributed by atoms with Crippen LogP contribution in [0.25, 0.3) is 0 Å². The first kappa shape index (κ1) is 14.9. The van der Waals surface area contributed by atoms with Crippen LogP contribution in [0.1, 0.15) is 12.5 Å². The Bertz CT molecular complexity index is 471. The average Bonchev–Trinajstić information content (AvgIpc) is 2.41. The van der Waals surface area contributed by atoms with Crippen molar-refractivity contribution < 1.29 is 13.9 Å². The molecule has 0 aliphatic rings. The van der Waals surface area contributed by atoms with Gasteiger partial charge in [-0.2, -0.15) is 5.26 Å². The van der Waals surface area contributed by atoms with Gasteiger partial charge in [0.1, 0.15) is 6.54 Å². The number of carbonyl (C=O) groups is 1. The number of nitriles is 1. The van der Waals surface area contributed by atoms with Crippen molar-refractivity contribution >= 4 is 5.91 Å². The number of benzene rings is 1. The van der Waals surface area contributed by atoms with Gasteiger partial charge in [-0.15, -0.1) is 0 Å². The second-order valence-electron chi connectivity index (χ2n) is 3.73. The van der Waals surface area contributed by atoms with Crippen molar-refractivity contribution in [3.05, 3.63) is 29.6 Å². The highest BCUT2D eigenvalue weighted by molar-refractivity contribution is 5.77. The predicted octanol–water partition coefficient (Wildman–Crippen LogP) is 0.954. The van der Waals surface area contributed by atoms with Gasteiger partial charge < -0.3 is 15.4 Å². The molecular formula is C13H16FN3O2. The van der Waals surface area contributed by atoms with E-state index in [0.29, 0.717) is 12.1 Å². The molecule has 1 aromatic rings. The molecule has 0 saturated heterocycles. The van der Waals surface area contributed by atoms with Gasteiger partial charge in [0.05, 0.1) is 6.07 Å². The molecule has 0 unspecified atom stereocenters. The van der Waals surface area contributed by atoms with E-state index in [1.54, 1.807) is 18.2 Å². The Morgan fingerprint density at radius 3 is 3.00 bits per heavy atom. The monoisotopic (exact) mass is 265 g/mol. The van der Waals surface area contributed by atoms with E-state index in [2.05, 4.69) is 10.6 Å². The van der Waals surface area contributed by atoms with Crippen LogP contribution in [0.2, 0.25) is 0 Å². The molecule has 0 heterocycles. The topological polar surface area (TPSA) is 74.2 Å². The highest BCUT2D eigenvalue weighted by Gasteiger charge is 2.11. The largest absolute Gasteiger partial charge is 0.480 e. The Hall–Kier alpha value is -2.13. The molecule has 6 heteroatoms. The molecule has 0 aliphatic heterocycles. The fourth-order valence-corrected chi connectivity index (χ4v) is 1.44. The van der Waals surface area contributed by atoms with Gasteiger partial charge in [0.2, 0.25) is 0 Å². The Morgan fingerprint density at radius 1 is 1.53 bits per heavy atom. The Balaban J connectivity index is 2.65. The van der Waals surface area contributed by atoms with Crippen molar-refractivity contribution in [3.8, 4) is 11.8 Å². The molecule has 1 amide bonds. The van der Waals surface area contributed by atoms with E-state index >= 15 is 0 Å². The van der Waals surface area contributed by atoms with Crippen LogP contribution in [0.5, 0.6) is 5.75 Å². The summed E-state index contributed by atoms with van der Waals surface area (Å²) in [5.74, 6) is -0.904. The van der Waals surface area contributed by atoms with Crippen molar-refractivity contribution in [1.82, 2.24) is 10.6 Å². The maximum Gasteiger partial charge on any atom is 0.258 e. The van der Waals surface area contributed by atoms with Crippen LogP contribution in [0.3, 0.4) is 0 Å². The third-order valence-electron chi connectivity index (χ3n) is 2.33. The molecule has 5 nitrogen and oxygen atoms in total. The highest BCUT2D eigenvalue weighted by Crippen LogP contribution is 2.22. The summed E-state index contributed by atoms with van der Waals surface area (Å²) in [5, 5.41) is 13.7. The lowest BCUT2D eigenvalue weighted by atomic mass is 10.2. The summed E-state index contributed by atoms with van der Waals surface area (Å²) >= 11 is 0. The quantitative estimate of drug-likeness (QED) is 0.720. The maximum absolute atomic E-state index is 13.6. The molecule has 0 spiro atoms.